The molecule has 0 saturated heterocycles. The van der Waals surface area contributed by atoms with E-state index >= 15 is 0 Å². The highest BCUT2D eigenvalue weighted by Crippen LogP contribution is 2.47. The third-order valence-electron chi connectivity index (χ3n) is 3.04. The third-order valence-corrected chi connectivity index (χ3v) is 6.99. The Morgan fingerprint density at radius 3 is 2.70 bits per heavy atom. The topological polar surface area (TPSA) is 38.9 Å². The second-order valence-corrected chi connectivity index (χ2v) is 8.86. The highest BCUT2D eigenvalue weighted by molar-refractivity contribution is 9.10. The SMILES string of the molecule is CCSc1c(Br)cnc(N)c1SC(C)c1c(Cl)ccc(F)c1Cl. The van der Waals surface area contributed by atoms with Crippen molar-refractivity contribution in [1.82, 2.24) is 4.98 Å². The van der Waals surface area contributed by atoms with E-state index in [9.17, 15) is 4.39 Å². The Morgan fingerprint density at radius 1 is 1.35 bits per heavy atom. The number of hydrogen-bond donors (Lipinski definition) is 1. The lowest BCUT2D eigenvalue weighted by atomic mass is 10.1. The molecule has 0 saturated carbocycles. The standard InChI is InChI=1S/C15H14BrCl2FN2S2/c1-3-22-13-8(16)6-21-15(20)14(13)23-7(2)11-9(17)4-5-10(19)12(11)18/h4-7H,3H2,1-2H3,(H2,20,21). The Balaban J connectivity index is 2.44. The van der Waals surface area contributed by atoms with Gasteiger partial charge in [0.1, 0.15) is 11.6 Å². The van der Waals surface area contributed by atoms with Gasteiger partial charge < -0.3 is 5.73 Å². The Labute approximate surface area is 161 Å². The van der Waals surface area contributed by atoms with Gasteiger partial charge in [0.05, 0.1) is 14.4 Å². The lowest BCUT2D eigenvalue weighted by Crippen LogP contribution is -1.99. The van der Waals surface area contributed by atoms with Crippen LogP contribution in [0.2, 0.25) is 10.0 Å². The van der Waals surface area contributed by atoms with Gasteiger partial charge in [0, 0.05) is 26.9 Å². The average molecular weight is 456 g/mol. The van der Waals surface area contributed by atoms with Crippen molar-refractivity contribution in [3.05, 3.63) is 44.2 Å². The van der Waals surface area contributed by atoms with Crippen molar-refractivity contribution in [2.24, 2.45) is 0 Å². The summed E-state index contributed by atoms with van der Waals surface area (Å²) in [7, 11) is 0. The molecular formula is C15H14BrCl2FN2S2. The van der Waals surface area contributed by atoms with E-state index in [1.807, 2.05) is 6.92 Å². The van der Waals surface area contributed by atoms with E-state index in [4.69, 9.17) is 28.9 Å². The number of nitrogens with two attached hydrogens (primary N) is 1. The van der Waals surface area contributed by atoms with Crippen molar-refractivity contribution in [2.75, 3.05) is 11.5 Å². The zero-order valence-electron chi connectivity index (χ0n) is 12.4. The summed E-state index contributed by atoms with van der Waals surface area (Å²) in [4.78, 5) is 6.04. The van der Waals surface area contributed by atoms with Crippen LogP contribution < -0.4 is 5.73 Å². The van der Waals surface area contributed by atoms with Gasteiger partial charge in [-0.1, -0.05) is 30.1 Å². The molecule has 1 aromatic carbocycles. The lowest BCUT2D eigenvalue weighted by Gasteiger charge is -2.19. The van der Waals surface area contributed by atoms with Gasteiger partial charge in [-0.3, -0.25) is 0 Å². The second-order valence-electron chi connectivity index (χ2n) is 4.60. The van der Waals surface area contributed by atoms with Crippen LogP contribution in [0.25, 0.3) is 0 Å². The van der Waals surface area contributed by atoms with Crippen LogP contribution in [0.1, 0.15) is 24.7 Å². The van der Waals surface area contributed by atoms with Gasteiger partial charge in [-0.2, -0.15) is 0 Å². The first-order valence-corrected chi connectivity index (χ1v) is 10.1. The monoisotopic (exact) mass is 454 g/mol. The Kier molecular flexibility index (Phi) is 6.92. The zero-order chi connectivity index (χ0) is 17.1. The first-order chi connectivity index (χ1) is 10.9. The van der Waals surface area contributed by atoms with E-state index in [-0.39, 0.29) is 10.3 Å². The van der Waals surface area contributed by atoms with E-state index < -0.39 is 5.82 Å². The Hall–Kier alpha value is -0.140. The normalized spacial score (nSPS) is 12.4. The first kappa shape index (κ1) is 19.2. The number of thioether (sulfide) groups is 2. The van der Waals surface area contributed by atoms with Crippen LogP contribution in [-0.4, -0.2) is 10.7 Å². The number of aromatic nitrogens is 1. The van der Waals surface area contributed by atoms with E-state index in [0.29, 0.717) is 16.4 Å². The summed E-state index contributed by atoms with van der Waals surface area (Å²) >= 11 is 18.9. The number of hydrogen-bond acceptors (Lipinski definition) is 4. The molecule has 124 valence electrons. The molecule has 1 heterocycles. The minimum absolute atomic E-state index is 0.0451. The van der Waals surface area contributed by atoms with Crippen LogP contribution in [-0.2, 0) is 0 Å². The van der Waals surface area contributed by atoms with Gasteiger partial charge in [-0.25, -0.2) is 9.37 Å². The summed E-state index contributed by atoms with van der Waals surface area (Å²) in [5.74, 6) is 0.845. The van der Waals surface area contributed by atoms with Crippen molar-refractivity contribution in [3.8, 4) is 0 Å². The van der Waals surface area contributed by atoms with Crippen LogP contribution in [0.5, 0.6) is 0 Å². The molecule has 1 unspecified atom stereocenters. The third kappa shape index (κ3) is 4.28. The van der Waals surface area contributed by atoms with Crippen molar-refractivity contribution >= 4 is 68.5 Å². The van der Waals surface area contributed by atoms with Crippen molar-refractivity contribution in [1.29, 1.82) is 0 Å². The molecule has 0 aliphatic heterocycles. The Bertz CT molecular complexity index is 731. The number of anilines is 1. The van der Waals surface area contributed by atoms with Crippen LogP contribution in [0.4, 0.5) is 10.2 Å². The number of nitrogen functional groups attached to an aromatic ring is 1. The van der Waals surface area contributed by atoms with Gasteiger partial charge >= 0.3 is 0 Å². The molecule has 8 heteroatoms. The highest BCUT2D eigenvalue weighted by Gasteiger charge is 2.22. The first-order valence-electron chi connectivity index (χ1n) is 6.73. The maximum atomic E-state index is 13.8. The summed E-state index contributed by atoms with van der Waals surface area (Å²) in [5, 5.41) is 0.298. The number of rotatable bonds is 5. The number of pyridine rings is 1. The molecular weight excluding hydrogens is 442 g/mol. The van der Waals surface area contributed by atoms with Crippen molar-refractivity contribution in [3.63, 3.8) is 0 Å². The molecule has 0 spiro atoms. The molecule has 2 N–H and O–H groups in total. The molecule has 23 heavy (non-hydrogen) atoms. The van der Waals surface area contributed by atoms with Crippen LogP contribution >= 0.6 is 62.7 Å². The van der Waals surface area contributed by atoms with Gasteiger partial charge in [-0.05, 0) is 40.7 Å². The molecule has 0 radical (unpaired) electrons. The van der Waals surface area contributed by atoms with Gasteiger partial charge in [0.15, 0.2) is 0 Å². The smallest absolute Gasteiger partial charge is 0.142 e. The molecule has 0 fully saturated rings. The molecule has 2 nitrogen and oxygen atoms in total. The summed E-state index contributed by atoms with van der Waals surface area (Å²) < 4.78 is 14.6. The van der Waals surface area contributed by atoms with Gasteiger partial charge in [0.25, 0.3) is 0 Å². The summed E-state index contributed by atoms with van der Waals surface area (Å²) in [5.41, 5.74) is 6.61. The predicted molar refractivity (Wildman–Crippen MR) is 103 cm³/mol. The molecule has 2 aromatic rings. The fraction of sp³-hybridized carbons (Fsp3) is 0.267. The summed E-state index contributed by atoms with van der Waals surface area (Å²) in [6, 6.07) is 2.78. The molecule has 0 aliphatic carbocycles. The number of benzene rings is 1. The minimum atomic E-state index is -0.484. The maximum Gasteiger partial charge on any atom is 0.142 e. The minimum Gasteiger partial charge on any atom is -0.383 e. The second kappa shape index (κ2) is 8.30. The van der Waals surface area contributed by atoms with Crippen molar-refractivity contribution < 1.29 is 4.39 Å². The van der Waals surface area contributed by atoms with Crippen LogP contribution in [0.15, 0.2) is 32.6 Å². The van der Waals surface area contributed by atoms with Crippen molar-refractivity contribution in [2.45, 2.75) is 28.9 Å². The maximum absolute atomic E-state index is 13.8. The molecule has 1 aromatic heterocycles. The number of halogens is 4. The quantitative estimate of drug-likeness (QED) is 0.395. The predicted octanol–water partition coefficient (Wildman–Crippen LogP) is 6.84. The lowest BCUT2D eigenvalue weighted by molar-refractivity contribution is 0.626. The van der Waals surface area contributed by atoms with Gasteiger partial charge in [0.2, 0.25) is 0 Å². The van der Waals surface area contributed by atoms with E-state index in [0.717, 1.165) is 20.0 Å². The van der Waals surface area contributed by atoms with E-state index in [1.54, 1.807) is 18.0 Å². The van der Waals surface area contributed by atoms with Crippen LogP contribution in [0.3, 0.4) is 0 Å². The fourth-order valence-electron chi connectivity index (χ4n) is 2.01. The fourth-order valence-corrected chi connectivity index (χ4v) is 5.76. The number of nitrogens with zero attached hydrogens (tertiary/aromatic N) is 1. The van der Waals surface area contributed by atoms with E-state index in [2.05, 4.69) is 27.8 Å². The molecule has 0 amide bonds. The van der Waals surface area contributed by atoms with Crippen LogP contribution in [0, 0.1) is 5.82 Å². The Morgan fingerprint density at radius 2 is 2.04 bits per heavy atom. The highest BCUT2D eigenvalue weighted by atomic mass is 79.9. The summed E-state index contributed by atoms with van der Waals surface area (Å²) in [6.07, 6.45) is 1.68. The summed E-state index contributed by atoms with van der Waals surface area (Å²) in [6.45, 7) is 3.98. The molecule has 0 bridgehead atoms. The van der Waals surface area contributed by atoms with Gasteiger partial charge in [-0.15, -0.1) is 23.5 Å². The largest absolute Gasteiger partial charge is 0.383 e. The average Bonchev–Trinajstić information content (AvgIpc) is 2.50. The molecule has 0 aliphatic rings. The van der Waals surface area contributed by atoms with E-state index in [1.165, 1.54) is 23.9 Å². The zero-order valence-corrected chi connectivity index (χ0v) is 17.1. The molecule has 2 rings (SSSR count). The molecule has 1 atom stereocenters.